The number of hydrogen-bond acceptors (Lipinski definition) is 2. The number of benzene rings is 1. The number of H-pyrrole nitrogens is 1. The van der Waals surface area contributed by atoms with Crippen molar-refractivity contribution in [2.75, 3.05) is 6.54 Å². The van der Waals surface area contributed by atoms with Crippen molar-refractivity contribution >= 4 is 22.8 Å². The van der Waals surface area contributed by atoms with Crippen molar-refractivity contribution in [3.63, 3.8) is 0 Å². The third kappa shape index (κ3) is 1.87. The van der Waals surface area contributed by atoms with Crippen LogP contribution in [0, 0.1) is 0 Å². The van der Waals surface area contributed by atoms with Gasteiger partial charge in [0.25, 0.3) is 0 Å². The van der Waals surface area contributed by atoms with E-state index < -0.39 is 12.1 Å². The second-order valence-corrected chi connectivity index (χ2v) is 4.75. The second-order valence-electron chi connectivity index (χ2n) is 4.75. The van der Waals surface area contributed by atoms with Gasteiger partial charge in [-0.2, -0.15) is 0 Å². The van der Waals surface area contributed by atoms with Crippen LogP contribution < -0.4 is 0 Å². The van der Waals surface area contributed by atoms with E-state index in [0.717, 1.165) is 17.3 Å². The number of nitrogens with one attached hydrogen (secondary N) is 1. The molecule has 0 radical (unpaired) electrons. The van der Waals surface area contributed by atoms with Gasteiger partial charge in [-0.15, -0.1) is 0 Å². The third-order valence-electron chi connectivity index (χ3n) is 3.66. The van der Waals surface area contributed by atoms with Crippen molar-refractivity contribution in [3.05, 3.63) is 36.0 Å². The summed E-state index contributed by atoms with van der Waals surface area (Å²) in [6.07, 6.45) is 2.00. The number of carbonyl (C=O) groups is 2. The van der Waals surface area contributed by atoms with Gasteiger partial charge >= 0.3 is 6.09 Å². The summed E-state index contributed by atoms with van der Waals surface area (Å²) in [4.78, 5) is 27.9. The number of fused-ring (bicyclic) bond motifs is 1. The van der Waals surface area contributed by atoms with Crippen molar-refractivity contribution in [1.82, 2.24) is 9.88 Å². The molecule has 1 amide bonds. The van der Waals surface area contributed by atoms with Crippen LogP contribution in [-0.2, 0) is 0 Å². The minimum absolute atomic E-state index is 0.114. The molecule has 98 valence electrons. The standard InChI is InChI=1S/C14H14N2O3/c17-13(12-6-3-7-16(12)14(18)19)10-8-15-11-5-2-1-4-9(10)11/h1-2,4-5,8,12,15H,3,6-7H2,(H,18,19). The van der Waals surface area contributed by atoms with Gasteiger partial charge in [0, 0.05) is 29.2 Å². The predicted octanol–water partition coefficient (Wildman–Crippen LogP) is 2.49. The molecule has 3 rings (SSSR count). The second kappa shape index (κ2) is 4.42. The number of carbonyl (C=O) groups excluding carboxylic acids is 1. The number of aromatic amines is 1. The first-order valence-corrected chi connectivity index (χ1v) is 6.28. The van der Waals surface area contributed by atoms with Crippen molar-refractivity contribution in [2.24, 2.45) is 0 Å². The van der Waals surface area contributed by atoms with E-state index in [-0.39, 0.29) is 5.78 Å². The van der Waals surface area contributed by atoms with Gasteiger partial charge in [-0.1, -0.05) is 18.2 Å². The molecule has 0 bridgehead atoms. The molecule has 1 aromatic heterocycles. The van der Waals surface area contributed by atoms with E-state index in [2.05, 4.69) is 4.98 Å². The number of likely N-dealkylation sites (tertiary alicyclic amines) is 1. The Balaban J connectivity index is 1.98. The molecule has 5 nitrogen and oxygen atoms in total. The maximum Gasteiger partial charge on any atom is 0.407 e. The quantitative estimate of drug-likeness (QED) is 0.813. The Morgan fingerprint density at radius 1 is 1.32 bits per heavy atom. The van der Waals surface area contributed by atoms with Crippen molar-refractivity contribution < 1.29 is 14.7 Å². The highest BCUT2D eigenvalue weighted by Gasteiger charge is 2.35. The van der Waals surface area contributed by atoms with E-state index in [0.29, 0.717) is 18.5 Å². The number of Topliss-reactive ketones (excluding diaryl/α,β-unsaturated/α-hetero) is 1. The maximum absolute atomic E-state index is 12.5. The molecular formula is C14H14N2O3. The summed E-state index contributed by atoms with van der Waals surface area (Å²) in [7, 11) is 0. The van der Waals surface area contributed by atoms with Gasteiger partial charge in [-0.25, -0.2) is 4.79 Å². The molecule has 0 aliphatic carbocycles. The average molecular weight is 258 g/mol. The summed E-state index contributed by atoms with van der Waals surface area (Å²) >= 11 is 0. The highest BCUT2D eigenvalue weighted by molar-refractivity contribution is 6.11. The van der Waals surface area contributed by atoms with Crippen LogP contribution in [0.1, 0.15) is 23.2 Å². The molecule has 1 saturated heterocycles. The summed E-state index contributed by atoms with van der Waals surface area (Å²) in [5.74, 6) is -0.114. The number of aromatic nitrogens is 1. The van der Waals surface area contributed by atoms with E-state index in [1.165, 1.54) is 4.90 Å². The molecule has 5 heteroatoms. The summed E-state index contributed by atoms with van der Waals surface area (Å²) in [5.41, 5.74) is 1.47. The molecule has 1 aliphatic rings. The predicted molar refractivity (Wildman–Crippen MR) is 70.4 cm³/mol. The first-order chi connectivity index (χ1) is 9.18. The Bertz CT molecular complexity index is 647. The summed E-state index contributed by atoms with van der Waals surface area (Å²) in [6, 6.07) is 6.99. The SMILES string of the molecule is O=C(c1c[nH]c2ccccc12)C1CCCN1C(=O)O. The molecule has 1 unspecified atom stereocenters. The zero-order valence-corrected chi connectivity index (χ0v) is 10.3. The van der Waals surface area contributed by atoms with Gasteiger partial charge in [-0.05, 0) is 18.9 Å². The van der Waals surface area contributed by atoms with Crippen LogP contribution in [0.5, 0.6) is 0 Å². The minimum Gasteiger partial charge on any atom is -0.465 e. The molecule has 2 N–H and O–H groups in total. The Labute approximate surface area is 109 Å². The molecule has 0 spiro atoms. The van der Waals surface area contributed by atoms with E-state index in [1.807, 2.05) is 24.3 Å². The first kappa shape index (κ1) is 11.8. The zero-order valence-electron chi connectivity index (χ0n) is 10.3. The number of carboxylic acid groups (broad SMARTS) is 1. The van der Waals surface area contributed by atoms with Crippen LogP contribution in [0.15, 0.2) is 30.5 Å². The number of hydrogen-bond donors (Lipinski definition) is 2. The van der Waals surface area contributed by atoms with E-state index in [4.69, 9.17) is 5.11 Å². The third-order valence-corrected chi connectivity index (χ3v) is 3.66. The number of para-hydroxylation sites is 1. The van der Waals surface area contributed by atoms with E-state index >= 15 is 0 Å². The van der Waals surface area contributed by atoms with E-state index in [1.54, 1.807) is 6.20 Å². The number of rotatable bonds is 2. The summed E-state index contributed by atoms with van der Waals surface area (Å²) in [6.45, 7) is 0.439. The smallest absolute Gasteiger partial charge is 0.407 e. The minimum atomic E-state index is -1.02. The van der Waals surface area contributed by atoms with Gasteiger partial charge in [-0.3, -0.25) is 9.69 Å². The fourth-order valence-electron chi connectivity index (χ4n) is 2.72. The highest BCUT2D eigenvalue weighted by Crippen LogP contribution is 2.25. The fraction of sp³-hybridized carbons (Fsp3) is 0.286. The lowest BCUT2D eigenvalue weighted by Gasteiger charge is -2.19. The molecule has 1 aromatic carbocycles. The van der Waals surface area contributed by atoms with Crippen molar-refractivity contribution in [3.8, 4) is 0 Å². The lowest BCUT2D eigenvalue weighted by Crippen LogP contribution is -2.39. The first-order valence-electron chi connectivity index (χ1n) is 6.28. The highest BCUT2D eigenvalue weighted by atomic mass is 16.4. The lowest BCUT2D eigenvalue weighted by atomic mass is 10.0. The van der Waals surface area contributed by atoms with Gasteiger partial charge in [0.15, 0.2) is 5.78 Å². The normalized spacial score (nSPS) is 18.9. The van der Waals surface area contributed by atoms with Crippen molar-refractivity contribution in [1.29, 1.82) is 0 Å². The molecule has 1 fully saturated rings. The maximum atomic E-state index is 12.5. The monoisotopic (exact) mass is 258 g/mol. The van der Waals surface area contributed by atoms with Gasteiger partial charge in [0.2, 0.25) is 0 Å². The Morgan fingerprint density at radius 3 is 2.89 bits per heavy atom. The van der Waals surface area contributed by atoms with Crippen LogP contribution in [-0.4, -0.2) is 39.5 Å². The number of ketones is 1. The molecule has 19 heavy (non-hydrogen) atoms. The average Bonchev–Trinajstić information content (AvgIpc) is 3.05. The van der Waals surface area contributed by atoms with Crippen LogP contribution in [0.25, 0.3) is 10.9 Å². The molecule has 0 saturated carbocycles. The number of nitrogens with zero attached hydrogens (tertiary/aromatic N) is 1. The van der Waals surface area contributed by atoms with Gasteiger partial charge in [0.05, 0.1) is 6.04 Å². The van der Waals surface area contributed by atoms with Crippen LogP contribution in [0.3, 0.4) is 0 Å². The Morgan fingerprint density at radius 2 is 2.11 bits per heavy atom. The van der Waals surface area contributed by atoms with Crippen molar-refractivity contribution in [2.45, 2.75) is 18.9 Å². The lowest BCUT2D eigenvalue weighted by molar-refractivity contribution is 0.0846. The Kier molecular flexibility index (Phi) is 2.74. The fourth-order valence-corrected chi connectivity index (χ4v) is 2.72. The van der Waals surface area contributed by atoms with Crippen LogP contribution in [0.4, 0.5) is 4.79 Å². The molecule has 1 atom stereocenters. The van der Waals surface area contributed by atoms with Gasteiger partial charge in [0.1, 0.15) is 0 Å². The molecular weight excluding hydrogens is 244 g/mol. The topological polar surface area (TPSA) is 73.4 Å². The van der Waals surface area contributed by atoms with Crippen LogP contribution >= 0.6 is 0 Å². The molecule has 1 aliphatic heterocycles. The summed E-state index contributed by atoms with van der Waals surface area (Å²) < 4.78 is 0. The molecule has 2 aromatic rings. The largest absolute Gasteiger partial charge is 0.465 e. The van der Waals surface area contributed by atoms with Gasteiger partial charge < -0.3 is 10.1 Å². The van der Waals surface area contributed by atoms with E-state index in [9.17, 15) is 9.59 Å². The Hall–Kier alpha value is -2.30. The zero-order chi connectivity index (χ0) is 13.4. The number of amides is 1. The molecule has 2 heterocycles. The van der Waals surface area contributed by atoms with Crippen LogP contribution in [0.2, 0.25) is 0 Å². The summed E-state index contributed by atoms with van der Waals surface area (Å²) in [5, 5.41) is 9.96.